The van der Waals surface area contributed by atoms with E-state index in [1.165, 1.54) is 11.1 Å². The maximum absolute atomic E-state index is 12.6. The van der Waals surface area contributed by atoms with E-state index in [0.717, 1.165) is 5.56 Å². The summed E-state index contributed by atoms with van der Waals surface area (Å²) in [5.74, 6) is 0.840. The van der Waals surface area contributed by atoms with Crippen molar-refractivity contribution in [3.05, 3.63) is 111 Å². The Kier molecular flexibility index (Phi) is 6.78. The van der Waals surface area contributed by atoms with Crippen LogP contribution in [0.1, 0.15) is 27.0 Å². The van der Waals surface area contributed by atoms with Gasteiger partial charge in [0.2, 0.25) is 0 Å². The Balaban J connectivity index is 1.34. The van der Waals surface area contributed by atoms with Crippen LogP contribution in [0.3, 0.4) is 0 Å². The third kappa shape index (κ3) is 5.49. The molecule has 0 spiro atoms. The molecule has 0 fully saturated rings. The van der Waals surface area contributed by atoms with Gasteiger partial charge in [-0.3, -0.25) is 9.48 Å². The van der Waals surface area contributed by atoms with E-state index in [4.69, 9.17) is 27.9 Å². The fourth-order valence-corrected chi connectivity index (χ4v) is 3.64. The Bertz CT molecular complexity index is 1240. The van der Waals surface area contributed by atoms with Gasteiger partial charge in [0.25, 0.3) is 5.91 Å². The van der Waals surface area contributed by atoms with Crippen LogP contribution >= 0.6 is 23.2 Å². The van der Waals surface area contributed by atoms with Crippen molar-refractivity contribution in [2.24, 2.45) is 0 Å². The summed E-state index contributed by atoms with van der Waals surface area (Å²) in [6, 6.07) is 22.2. The lowest BCUT2D eigenvalue weighted by molar-refractivity contribution is 0.102. The van der Waals surface area contributed by atoms with E-state index in [1.54, 1.807) is 41.1 Å². The first-order valence-electron chi connectivity index (χ1n) is 10.0. The number of ether oxygens (including phenoxy) is 1. The fourth-order valence-electron chi connectivity index (χ4n) is 3.17. The molecule has 162 valence electrons. The molecule has 32 heavy (non-hydrogen) atoms. The lowest BCUT2D eigenvalue weighted by Crippen LogP contribution is -2.13. The largest absolute Gasteiger partial charge is 0.487 e. The quantitative estimate of drug-likeness (QED) is 0.344. The van der Waals surface area contributed by atoms with Gasteiger partial charge in [-0.1, -0.05) is 59.6 Å². The van der Waals surface area contributed by atoms with Crippen LogP contribution in [0, 0.1) is 6.92 Å². The highest BCUT2D eigenvalue weighted by molar-refractivity contribution is 6.35. The summed E-state index contributed by atoms with van der Waals surface area (Å²) in [5.41, 5.74) is 3.84. The number of anilines is 1. The predicted molar refractivity (Wildman–Crippen MR) is 128 cm³/mol. The van der Waals surface area contributed by atoms with Gasteiger partial charge < -0.3 is 10.1 Å². The molecular weight excluding hydrogens is 445 g/mol. The molecule has 4 aromatic rings. The van der Waals surface area contributed by atoms with Crippen LogP contribution in [-0.4, -0.2) is 15.7 Å². The summed E-state index contributed by atoms with van der Waals surface area (Å²) < 4.78 is 7.54. The van der Waals surface area contributed by atoms with Gasteiger partial charge in [0.05, 0.1) is 11.6 Å². The first-order valence-corrected chi connectivity index (χ1v) is 10.8. The zero-order valence-corrected chi connectivity index (χ0v) is 18.9. The number of carbonyl (C=O) groups is 1. The van der Waals surface area contributed by atoms with E-state index in [-0.39, 0.29) is 5.91 Å². The highest BCUT2D eigenvalue weighted by atomic mass is 35.5. The van der Waals surface area contributed by atoms with Crippen LogP contribution in [0.4, 0.5) is 5.82 Å². The smallest absolute Gasteiger partial charge is 0.256 e. The number of amides is 1. The Morgan fingerprint density at radius 2 is 1.81 bits per heavy atom. The molecule has 0 aliphatic carbocycles. The molecule has 0 atom stereocenters. The number of aromatic nitrogens is 2. The van der Waals surface area contributed by atoms with E-state index in [0.29, 0.717) is 40.3 Å². The lowest BCUT2D eigenvalue weighted by Gasteiger charge is -2.09. The first kappa shape index (κ1) is 21.9. The number of carbonyl (C=O) groups excluding carboxylic acids is 1. The van der Waals surface area contributed by atoms with Gasteiger partial charge in [-0.2, -0.15) is 5.10 Å². The third-order valence-corrected chi connectivity index (χ3v) is 5.51. The normalized spacial score (nSPS) is 10.7. The van der Waals surface area contributed by atoms with Crippen LogP contribution in [0.5, 0.6) is 5.75 Å². The SMILES string of the molecule is Cc1ccccc1Cn1ccc(NC(=O)c2ccc(COc3ccc(Cl)cc3Cl)cc2)n1. The second-order valence-electron chi connectivity index (χ2n) is 7.34. The number of hydrogen-bond donors (Lipinski definition) is 1. The lowest BCUT2D eigenvalue weighted by atomic mass is 10.1. The topological polar surface area (TPSA) is 56.2 Å². The van der Waals surface area contributed by atoms with E-state index in [2.05, 4.69) is 29.5 Å². The van der Waals surface area contributed by atoms with Crippen LogP contribution < -0.4 is 10.1 Å². The van der Waals surface area contributed by atoms with E-state index in [9.17, 15) is 4.79 Å². The number of hydrogen-bond acceptors (Lipinski definition) is 3. The Morgan fingerprint density at radius 3 is 2.56 bits per heavy atom. The van der Waals surface area contributed by atoms with Crippen molar-refractivity contribution in [2.75, 3.05) is 5.32 Å². The van der Waals surface area contributed by atoms with Crippen molar-refractivity contribution in [3.8, 4) is 5.75 Å². The van der Waals surface area contributed by atoms with Crippen LogP contribution in [0.25, 0.3) is 0 Å². The summed E-state index contributed by atoms with van der Waals surface area (Å²) in [7, 11) is 0. The highest BCUT2D eigenvalue weighted by Crippen LogP contribution is 2.28. The van der Waals surface area contributed by atoms with E-state index < -0.39 is 0 Å². The summed E-state index contributed by atoms with van der Waals surface area (Å²) >= 11 is 12.0. The Hall–Kier alpha value is -3.28. The molecule has 1 aromatic heterocycles. The Labute approximate surface area is 196 Å². The second kappa shape index (κ2) is 9.90. The molecule has 7 heteroatoms. The molecule has 0 radical (unpaired) electrons. The van der Waals surface area contributed by atoms with Crippen molar-refractivity contribution in [2.45, 2.75) is 20.1 Å². The molecule has 1 heterocycles. The van der Waals surface area contributed by atoms with Crippen molar-refractivity contribution in [3.63, 3.8) is 0 Å². The standard InChI is InChI=1S/C25H21Cl2N3O2/c1-17-4-2-3-5-20(17)15-30-13-12-24(29-30)28-25(31)19-8-6-18(7-9-19)16-32-23-11-10-21(26)14-22(23)27/h2-14H,15-16H2,1H3,(H,28,29,31). The number of rotatable bonds is 7. The molecule has 3 aromatic carbocycles. The van der Waals surface area contributed by atoms with Gasteiger partial charge in [-0.15, -0.1) is 0 Å². The maximum Gasteiger partial charge on any atom is 0.256 e. The van der Waals surface area contributed by atoms with E-state index in [1.807, 2.05) is 30.5 Å². The number of benzene rings is 3. The maximum atomic E-state index is 12.6. The average Bonchev–Trinajstić information content (AvgIpc) is 3.22. The van der Waals surface area contributed by atoms with Crippen LogP contribution in [0.15, 0.2) is 79.0 Å². The molecule has 1 amide bonds. The monoisotopic (exact) mass is 465 g/mol. The zero-order valence-electron chi connectivity index (χ0n) is 17.4. The molecule has 5 nitrogen and oxygen atoms in total. The van der Waals surface area contributed by atoms with Gasteiger partial charge in [-0.25, -0.2) is 0 Å². The minimum atomic E-state index is -0.223. The number of aryl methyl sites for hydroxylation is 1. The molecule has 0 saturated heterocycles. The number of nitrogens with zero attached hydrogens (tertiary/aromatic N) is 2. The summed E-state index contributed by atoms with van der Waals surface area (Å²) in [5, 5.41) is 8.29. The van der Waals surface area contributed by atoms with Gasteiger partial charge in [0.15, 0.2) is 5.82 Å². The van der Waals surface area contributed by atoms with Crippen molar-refractivity contribution in [1.29, 1.82) is 0 Å². The molecule has 0 aliphatic heterocycles. The van der Waals surface area contributed by atoms with Crippen molar-refractivity contribution >= 4 is 34.9 Å². The fraction of sp³-hybridized carbons (Fsp3) is 0.120. The predicted octanol–water partition coefficient (Wildman–Crippen LogP) is 6.38. The number of nitrogens with one attached hydrogen (secondary N) is 1. The average molecular weight is 466 g/mol. The van der Waals surface area contributed by atoms with E-state index >= 15 is 0 Å². The molecule has 4 rings (SSSR count). The number of halogens is 2. The van der Waals surface area contributed by atoms with Crippen molar-refractivity contribution < 1.29 is 9.53 Å². The summed E-state index contributed by atoms with van der Waals surface area (Å²) in [6.45, 7) is 3.04. The summed E-state index contributed by atoms with van der Waals surface area (Å²) in [4.78, 5) is 12.6. The van der Waals surface area contributed by atoms with Gasteiger partial charge in [-0.05, 0) is 53.9 Å². The van der Waals surface area contributed by atoms with Crippen LogP contribution in [0.2, 0.25) is 10.0 Å². The summed E-state index contributed by atoms with van der Waals surface area (Å²) in [6.07, 6.45) is 1.85. The second-order valence-corrected chi connectivity index (χ2v) is 8.18. The first-order chi connectivity index (χ1) is 15.5. The third-order valence-electron chi connectivity index (χ3n) is 4.98. The van der Waals surface area contributed by atoms with Crippen molar-refractivity contribution in [1.82, 2.24) is 9.78 Å². The minimum Gasteiger partial charge on any atom is -0.487 e. The Morgan fingerprint density at radius 1 is 1.03 bits per heavy atom. The van der Waals surface area contributed by atoms with Gasteiger partial charge in [0, 0.05) is 22.8 Å². The molecule has 0 unspecified atom stereocenters. The van der Waals surface area contributed by atoms with Gasteiger partial charge in [0.1, 0.15) is 12.4 Å². The molecule has 1 N–H and O–H groups in total. The zero-order chi connectivity index (χ0) is 22.5. The van der Waals surface area contributed by atoms with Crippen LogP contribution in [-0.2, 0) is 13.2 Å². The molecule has 0 bridgehead atoms. The molecule has 0 aliphatic rings. The molecule has 0 saturated carbocycles. The van der Waals surface area contributed by atoms with Gasteiger partial charge >= 0.3 is 0 Å². The minimum absolute atomic E-state index is 0.223. The molecular formula is C25H21Cl2N3O2. The highest BCUT2D eigenvalue weighted by Gasteiger charge is 2.09.